The number of rotatable bonds is 4. The zero-order valence-corrected chi connectivity index (χ0v) is 12.8. The van der Waals surface area contributed by atoms with Gasteiger partial charge in [0.25, 0.3) is 0 Å². The van der Waals surface area contributed by atoms with E-state index in [-0.39, 0.29) is 5.82 Å². The van der Waals surface area contributed by atoms with E-state index in [0.717, 1.165) is 30.1 Å². The van der Waals surface area contributed by atoms with Crippen molar-refractivity contribution in [2.75, 3.05) is 11.9 Å². The quantitative estimate of drug-likeness (QED) is 0.910. The van der Waals surface area contributed by atoms with Gasteiger partial charge < -0.3 is 10.6 Å². The topological polar surface area (TPSA) is 41.9 Å². The first kappa shape index (κ1) is 13.8. The summed E-state index contributed by atoms with van der Waals surface area (Å²) in [6.07, 6.45) is 8.31. The zero-order valence-electron chi connectivity index (χ0n) is 12.8. The van der Waals surface area contributed by atoms with E-state index in [1.165, 1.54) is 24.8 Å². The highest BCUT2D eigenvalue weighted by Gasteiger charge is 2.29. The van der Waals surface area contributed by atoms with Crippen LogP contribution in [-0.2, 0) is 13.5 Å². The fourth-order valence-electron chi connectivity index (χ4n) is 3.30. The molecule has 1 saturated carbocycles. The molecule has 2 aliphatic rings. The molecule has 116 valence electrons. The van der Waals surface area contributed by atoms with Crippen LogP contribution in [-0.4, -0.2) is 16.3 Å². The standard InChI is InChI=1S/C17H21FN4/c1-22-10-13(9-20-22)21-17-8-14-12(7-15(17)18)4-5-19-16(14)6-11-2-3-11/h7-11,16,19,21H,2-6H2,1H3. The van der Waals surface area contributed by atoms with E-state index in [1.54, 1.807) is 16.9 Å². The van der Waals surface area contributed by atoms with E-state index in [4.69, 9.17) is 0 Å². The molecule has 1 atom stereocenters. The molecule has 2 aromatic rings. The van der Waals surface area contributed by atoms with Crippen LogP contribution >= 0.6 is 0 Å². The number of aryl methyl sites for hydroxylation is 1. The molecule has 4 rings (SSSR count). The van der Waals surface area contributed by atoms with Gasteiger partial charge in [-0.3, -0.25) is 4.68 Å². The summed E-state index contributed by atoms with van der Waals surface area (Å²) < 4.78 is 16.1. The Morgan fingerprint density at radius 2 is 2.27 bits per heavy atom. The summed E-state index contributed by atoms with van der Waals surface area (Å²) in [5, 5.41) is 10.9. The van der Waals surface area contributed by atoms with Gasteiger partial charge in [-0.1, -0.05) is 12.8 Å². The molecule has 0 amide bonds. The molecule has 2 N–H and O–H groups in total. The monoisotopic (exact) mass is 300 g/mol. The zero-order chi connectivity index (χ0) is 15.1. The molecule has 0 bridgehead atoms. The maximum atomic E-state index is 14.4. The van der Waals surface area contributed by atoms with Crippen LogP contribution in [0.15, 0.2) is 24.5 Å². The lowest BCUT2D eigenvalue weighted by molar-refractivity contribution is 0.451. The summed E-state index contributed by atoms with van der Waals surface area (Å²) in [5.74, 6) is 0.665. The Bertz CT molecular complexity index is 690. The summed E-state index contributed by atoms with van der Waals surface area (Å²) in [6.45, 7) is 0.944. The van der Waals surface area contributed by atoms with Gasteiger partial charge in [-0.15, -0.1) is 0 Å². The average Bonchev–Trinajstić information content (AvgIpc) is 3.21. The van der Waals surface area contributed by atoms with Crippen molar-refractivity contribution in [2.45, 2.75) is 31.7 Å². The minimum absolute atomic E-state index is 0.185. The van der Waals surface area contributed by atoms with Crippen molar-refractivity contribution in [1.29, 1.82) is 0 Å². The second-order valence-electron chi connectivity index (χ2n) is 6.49. The van der Waals surface area contributed by atoms with Gasteiger partial charge in [0, 0.05) is 19.3 Å². The maximum Gasteiger partial charge on any atom is 0.146 e. The molecule has 2 heterocycles. The van der Waals surface area contributed by atoms with Crippen molar-refractivity contribution in [2.24, 2.45) is 13.0 Å². The Balaban J connectivity index is 1.64. The molecule has 5 heteroatoms. The smallest absolute Gasteiger partial charge is 0.146 e. The Hall–Kier alpha value is -1.88. The van der Waals surface area contributed by atoms with Crippen LogP contribution in [0.4, 0.5) is 15.8 Å². The molecule has 1 aromatic heterocycles. The van der Waals surface area contributed by atoms with Crippen molar-refractivity contribution < 1.29 is 4.39 Å². The molecule has 0 radical (unpaired) electrons. The van der Waals surface area contributed by atoms with Crippen LogP contribution in [0.3, 0.4) is 0 Å². The first-order chi connectivity index (χ1) is 10.7. The van der Waals surface area contributed by atoms with Gasteiger partial charge in [-0.25, -0.2) is 4.39 Å². The van der Waals surface area contributed by atoms with E-state index in [9.17, 15) is 4.39 Å². The first-order valence-corrected chi connectivity index (χ1v) is 8.00. The van der Waals surface area contributed by atoms with Crippen LogP contribution in [0.1, 0.15) is 36.4 Å². The van der Waals surface area contributed by atoms with Gasteiger partial charge in [-0.2, -0.15) is 5.10 Å². The predicted octanol–water partition coefficient (Wildman–Crippen LogP) is 3.29. The van der Waals surface area contributed by atoms with Gasteiger partial charge in [0.15, 0.2) is 0 Å². The molecule has 1 fully saturated rings. The maximum absolute atomic E-state index is 14.4. The van der Waals surface area contributed by atoms with Crippen molar-refractivity contribution in [1.82, 2.24) is 15.1 Å². The lowest BCUT2D eigenvalue weighted by Gasteiger charge is -2.28. The van der Waals surface area contributed by atoms with Gasteiger partial charge in [-0.05, 0) is 48.6 Å². The number of halogens is 1. The van der Waals surface area contributed by atoms with Crippen LogP contribution in [0, 0.1) is 11.7 Å². The van der Waals surface area contributed by atoms with Crippen molar-refractivity contribution in [3.63, 3.8) is 0 Å². The van der Waals surface area contributed by atoms with Gasteiger partial charge in [0.05, 0.1) is 17.6 Å². The minimum Gasteiger partial charge on any atom is -0.351 e. The van der Waals surface area contributed by atoms with Crippen LogP contribution in [0.2, 0.25) is 0 Å². The number of nitrogens with zero attached hydrogens (tertiary/aromatic N) is 2. The molecule has 22 heavy (non-hydrogen) atoms. The van der Waals surface area contributed by atoms with E-state index < -0.39 is 0 Å². The average molecular weight is 300 g/mol. The number of benzene rings is 1. The summed E-state index contributed by atoms with van der Waals surface area (Å²) in [7, 11) is 1.85. The molecular weight excluding hydrogens is 279 g/mol. The van der Waals surface area contributed by atoms with Crippen LogP contribution in [0.25, 0.3) is 0 Å². The SMILES string of the molecule is Cn1cc(Nc2cc3c(cc2F)CCNC3CC2CC2)cn1. The molecule has 1 unspecified atom stereocenters. The number of nitrogens with one attached hydrogen (secondary N) is 2. The van der Waals surface area contributed by atoms with Crippen molar-refractivity contribution >= 4 is 11.4 Å². The van der Waals surface area contributed by atoms with Gasteiger partial charge >= 0.3 is 0 Å². The Morgan fingerprint density at radius 3 is 3.00 bits per heavy atom. The highest BCUT2D eigenvalue weighted by Crippen LogP contribution is 2.40. The second-order valence-corrected chi connectivity index (χ2v) is 6.49. The third kappa shape index (κ3) is 2.73. The van der Waals surface area contributed by atoms with Crippen LogP contribution in [0.5, 0.6) is 0 Å². The van der Waals surface area contributed by atoms with E-state index >= 15 is 0 Å². The molecule has 1 aromatic carbocycles. The molecule has 1 aliphatic heterocycles. The normalized spacial score (nSPS) is 20.7. The lowest BCUT2D eigenvalue weighted by atomic mass is 9.90. The number of anilines is 2. The van der Waals surface area contributed by atoms with E-state index in [1.807, 2.05) is 19.3 Å². The third-order valence-electron chi connectivity index (χ3n) is 4.64. The van der Waals surface area contributed by atoms with E-state index in [0.29, 0.717) is 11.7 Å². The largest absolute Gasteiger partial charge is 0.351 e. The molecule has 0 saturated heterocycles. The summed E-state index contributed by atoms with van der Waals surface area (Å²) in [4.78, 5) is 0. The summed E-state index contributed by atoms with van der Waals surface area (Å²) in [5.41, 5.74) is 3.75. The highest BCUT2D eigenvalue weighted by atomic mass is 19.1. The van der Waals surface area contributed by atoms with Crippen molar-refractivity contribution in [3.8, 4) is 0 Å². The fraction of sp³-hybridized carbons (Fsp3) is 0.471. The van der Waals surface area contributed by atoms with Crippen LogP contribution < -0.4 is 10.6 Å². The third-order valence-corrected chi connectivity index (χ3v) is 4.64. The Kier molecular flexibility index (Phi) is 3.37. The molecule has 4 nitrogen and oxygen atoms in total. The number of aromatic nitrogens is 2. The molecule has 0 spiro atoms. The molecule has 1 aliphatic carbocycles. The number of fused-ring (bicyclic) bond motifs is 1. The first-order valence-electron chi connectivity index (χ1n) is 8.00. The van der Waals surface area contributed by atoms with E-state index in [2.05, 4.69) is 15.7 Å². The second kappa shape index (κ2) is 5.39. The number of hydrogen-bond acceptors (Lipinski definition) is 3. The molecular formula is C17H21FN4. The Labute approximate surface area is 129 Å². The lowest BCUT2D eigenvalue weighted by Crippen LogP contribution is -2.30. The highest BCUT2D eigenvalue weighted by molar-refractivity contribution is 5.61. The fourth-order valence-corrected chi connectivity index (χ4v) is 3.30. The Morgan fingerprint density at radius 1 is 1.41 bits per heavy atom. The van der Waals surface area contributed by atoms with Crippen molar-refractivity contribution in [3.05, 3.63) is 41.5 Å². The number of hydrogen-bond donors (Lipinski definition) is 2. The summed E-state index contributed by atoms with van der Waals surface area (Å²) in [6, 6.07) is 4.05. The summed E-state index contributed by atoms with van der Waals surface area (Å²) >= 11 is 0. The predicted molar refractivity (Wildman–Crippen MR) is 84.7 cm³/mol. The minimum atomic E-state index is -0.185. The van der Waals surface area contributed by atoms with Gasteiger partial charge in [0.2, 0.25) is 0 Å². The van der Waals surface area contributed by atoms with Gasteiger partial charge in [0.1, 0.15) is 5.82 Å².